The summed E-state index contributed by atoms with van der Waals surface area (Å²) >= 11 is 0. The number of aromatic nitrogens is 1. The number of benzene rings is 3. The lowest BCUT2D eigenvalue weighted by Gasteiger charge is -2.29. The molecule has 5 amide bonds. The van der Waals surface area contributed by atoms with Crippen LogP contribution in [-0.4, -0.2) is 101 Å². The fourth-order valence-electron chi connectivity index (χ4n) is 9.57. The Morgan fingerprint density at radius 2 is 1.22 bits per heavy atom. The van der Waals surface area contributed by atoms with Gasteiger partial charge in [-0.2, -0.15) is 0 Å². The van der Waals surface area contributed by atoms with Gasteiger partial charge in [0, 0.05) is 55.5 Å². The molecular formula is C59H78N6O11. The van der Waals surface area contributed by atoms with Crippen molar-refractivity contribution in [1.82, 2.24) is 31.6 Å². The number of carbonyl (C=O) groups excluding carboxylic acids is 7. The van der Waals surface area contributed by atoms with Crippen LogP contribution in [0.1, 0.15) is 143 Å². The predicted octanol–water partition coefficient (Wildman–Crippen LogP) is 8.74. The average molecular weight is 1050 g/mol. The third kappa shape index (κ3) is 18.1. The number of urea groups is 1. The number of hydrogen-bond donors (Lipinski definition) is 5. The zero-order valence-electron chi connectivity index (χ0n) is 45.7. The summed E-state index contributed by atoms with van der Waals surface area (Å²) in [6.45, 7) is 16.2. The summed E-state index contributed by atoms with van der Waals surface area (Å²) in [6, 6.07) is 20.0. The number of alkyl carbamates (subject to hydrolysis) is 1. The second-order valence-electron chi connectivity index (χ2n) is 22.9. The Morgan fingerprint density at radius 1 is 0.632 bits per heavy atom. The van der Waals surface area contributed by atoms with Gasteiger partial charge < -0.3 is 45.5 Å². The lowest BCUT2D eigenvalue weighted by molar-refractivity contribution is -0.159. The number of amides is 5. The molecule has 17 heteroatoms. The van der Waals surface area contributed by atoms with Crippen LogP contribution in [-0.2, 0) is 49.3 Å². The molecule has 410 valence electrons. The van der Waals surface area contributed by atoms with Gasteiger partial charge in [0.05, 0.1) is 0 Å². The highest BCUT2D eigenvalue weighted by Crippen LogP contribution is 2.44. The Bertz CT molecular complexity index is 2630. The van der Waals surface area contributed by atoms with E-state index in [1.165, 1.54) is 0 Å². The smallest absolute Gasteiger partial charge is 0.407 e. The molecule has 0 radical (unpaired) electrons. The SMILES string of the molecule is CC(C)(C)OC(=O)CC[C@H](NC(=O)N[C@@H](CCCCNC(=O)[C@@H](Cc1ccc2cnccc2c1)NC(=O)C1CCC(CNC(=O)OCC2c3ccccc3-c3ccccc32)CC1)C(=O)OC(C)(C)C)C(=O)OC(C)(C)C. The van der Waals surface area contributed by atoms with E-state index in [1.807, 2.05) is 48.5 Å². The molecule has 2 aliphatic rings. The van der Waals surface area contributed by atoms with Crippen LogP contribution < -0.4 is 26.6 Å². The Labute approximate surface area is 447 Å². The summed E-state index contributed by atoms with van der Waals surface area (Å²) in [7, 11) is 0. The van der Waals surface area contributed by atoms with E-state index in [0.717, 1.165) is 51.4 Å². The van der Waals surface area contributed by atoms with Gasteiger partial charge >= 0.3 is 30.0 Å². The molecule has 4 aromatic rings. The van der Waals surface area contributed by atoms with E-state index in [9.17, 15) is 33.6 Å². The molecule has 17 nitrogen and oxygen atoms in total. The number of hydrogen-bond acceptors (Lipinski definition) is 12. The minimum absolute atomic E-state index is 0.0367. The first-order valence-corrected chi connectivity index (χ1v) is 26.7. The van der Waals surface area contributed by atoms with E-state index >= 15 is 0 Å². The van der Waals surface area contributed by atoms with Crippen LogP contribution in [0.2, 0.25) is 0 Å². The monoisotopic (exact) mass is 1050 g/mol. The fraction of sp³-hybridized carbons (Fsp3) is 0.525. The molecule has 0 spiro atoms. The van der Waals surface area contributed by atoms with Crippen molar-refractivity contribution in [2.75, 3.05) is 19.7 Å². The number of carbonyl (C=O) groups is 7. The van der Waals surface area contributed by atoms with Gasteiger partial charge in [-0.25, -0.2) is 19.2 Å². The second kappa shape index (κ2) is 26.1. The van der Waals surface area contributed by atoms with E-state index in [1.54, 1.807) is 74.7 Å². The van der Waals surface area contributed by atoms with Gasteiger partial charge in [0.15, 0.2) is 0 Å². The van der Waals surface area contributed by atoms with Crippen molar-refractivity contribution in [3.63, 3.8) is 0 Å². The summed E-state index contributed by atoms with van der Waals surface area (Å²) in [5.41, 5.74) is 2.96. The number of nitrogens with one attached hydrogen (secondary N) is 5. The zero-order valence-corrected chi connectivity index (χ0v) is 45.7. The first-order valence-electron chi connectivity index (χ1n) is 26.7. The van der Waals surface area contributed by atoms with Crippen LogP contribution in [0.4, 0.5) is 9.59 Å². The molecule has 2 aliphatic carbocycles. The molecule has 1 heterocycles. The van der Waals surface area contributed by atoms with Crippen molar-refractivity contribution in [3.8, 4) is 11.1 Å². The van der Waals surface area contributed by atoms with Crippen LogP contribution in [0.25, 0.3) is 21.9 Å². The van der Waals surface area contributed by atoms with E-state index < -0.39 is 65.0 Å². The van der Waals surface area contributed by atoms with Gasteiger partial charge in [-0.15, -0.1) is 0 Å². The molecule has 3 atom stereocenters. The number of fused-ring (bicyclic) bond motifs is 4. The van der Waals surface area contributed by atoms with Gasteiger partial charge in [0.1, 0.15) is 41.5 Å². The molecule has 6 rings (SSSR count). The molecule has 1 fully saturated rings. The van der Waals surface area contributed by atoms with Crippen molar-refractivity contribution >= 4 is 52.6 Å². The van der Waals surface area contributed by atoms with Crippen LogP contribution in [0.3, 0.4) is 0 Å². The van der Waals surface area contributed by atoms with E-state index in [0.29, 0.717) is 32.2 Å². The van der Waals surface area contributed by atoms with E-state index in [-0.39, 0.29) is 68.4 Å². The van der Waals surface area contributed by atoms with Gasteiger partial charge in [-0.1, -0.05) is 66.7 Å². The first kappa shape index (κ1) is 58.2. The van der Waals surface area contributed by atoms with Gasteiger partial charge in [-0.3, -0.25) is 19.4 Å². The van der Waals surface area contributed by atoms with Crippen LogP contribution in [0, 0.1) is 11.8 Å². The van der Waals surface area contributed by atoms with Crippen LogP contribution in [0.5, 0.6) is 0 Å². The number of pyridine rings is 1. The fourth-order valence-corrected chi connectivity index (χ4v) is 9.57. The lowest BCUT2D eigenvalue weighted by atomic mass is 9.81. The van der Waals surface area contributed by atoms with Crippen LogP contribution >= 0.6 is 0 Å². The molecular weight excluding hydrogens is 969 g/mol. The molecule has 5 N–H and O–H groups in total. The minimum atomic E-state index is -1.23. The normalized spacial score (nSPS) is 16.6. The second-order valence-corrected chi connectivity index (χ2v) is 22.9. The van der Waals surface area contributed by atoms with Gasteiger partial charge in [0.2, 0.25) is 11.8 Å². The lowest BCUT2D eigenvalue weighted by Crippen LogP contribution is -2.53. The van der Waals surface area contributed by atoms with Crippen molar-refractivity contribution in [1.29, 1.82) is 0 Å². The highest BCUT2D eigenvalue weighted by Gasteiger charge is 2.34. The van der Waals surface area contributed by atoms with Gasteiger partial charge in [-0.05, 0) is 159 Å². The largest absolute Gasteiger partial charge is 0.460 e. The number of nitrogens with zero attached hydrogens (tertiary/aromatic N) is 1. The van der Waals surface area contributed by atoms with E-state index in [4.69, 9.17) is 18.9 Å². The molecule has 0 unspecified atom stereocenters. The third-order valence-corrected chi connectivity index (χ3v) is 13.1. The third-order valence-electron chi connectivity index (χ3n) is 13.1. The van der Waals surface area contributed by atoms with Crippen LogP contribution in [0.15, 0.2) is 85.2 Å². The van der Waals surface area contributed by atoms with Crippen molar-refractivity contribution in [3.05, 3.63) is 102 Å². The minimum Gasteiger partial charge on any atom is -0.460 e. The van der Waals surface area contributed by atoms with Crippen molar-refractivity contribution in [2.24, 2.45) is 11.8 Å². The number of rotatable bonds is 21. The quantitative estimate of drug-likeness (QED) is 0.0300. The molecule has 0 saturated heterocycles. The van der Waals surface area contributed by atoms with Crippen molar-refractivity contribution in [2.45, 2.75) is 167 Å². The maximum absolute atomic E-state index is 14.0. The predicted molar refractivity (Wildman–Crippen MR) is 289 cm³/mol. The maximum atomic E-state index is 14.0. The summed E-state index contributed by atoms with van der Waals surface area (Å²) in [5.74, 6) is -2.77. The molecule has 3 aromatic carbocycles. The molecule has 0 bridgehead atoms. The molecule has 1 saturated carbocycles. The van der Waals surface area contributed by atoms with E-state index in [2.05, 4.69) is 55.8 Å². The topological polar surface area (TPSA) is 229 Å². The summed E-state index contributed by atoms with van der Waals surface area (Å²) < 4.78 is 22.3. The average Bonchev–Trinajstić information content (AvgIpc) is 3.67. The first-order chi connectivity index (χ1) is 35.9. The highest BCUT2D eigenvalue weighted by molar-refractivity contribution is 5.90. The molecule has 76 heavy (non-hydrogen) atoms. The Kier molecular flexibility index (Phi) is 20.0. The summed E-state index contributed by atoms with van der Waals surface area (Å²) in [6.07, 6.45) is 6.47. The van der Waals surface area contributed by atoms with Crippen molar-refractivity contribution < 1.29 is 52.5 Å². The Hall–Kier alpha value is -7.04. The number of esters is 3. The number of unbranched alkanes of at least 4 members (excludes halogenated alkanes) is 1. The Morgan fingerprint density at radius 3 is 1.83 bits per heavy atom. The summed E-state index contributed by atoms with van der Waals surface area (Å²) in [5, 5.41) is 16.1. The zero-order chi connectivity index (χ0) is 55.2. The van der Waals surface area contributed by atoms with Gasteiger partial charge in [0.25, 0.3) is 0 Å². The summed E-state index contributed by atoms with van der Waals surface area (Å²) in [4.78, 5) is 97.8. The highest BCUT2D eigenvalue weighted by atomic mass is 16.6. The molecule has 1 aromatic heterocycles. The standard InChI is InChI=1S/C59H78N6O11/c1-57(2,3)74-50(66)28-27-48(54(70)76-59(7,8)9)65-55(71)64-47(53(69)75-58(4,5)6)20-14-15-30-61-52(68)49(33-38-23-26-41-35-60-31-29-40(41)32-38)63-51(67)39-24-21-37(22-25-39)34-62-56(72)73-36-46-44-18-12-10-16-42(44)43-17-11-13-19-45(43)46/h10-13,16-19,23,26,29,31-32,35,37,39,46-49H,14-15,20-22,24-25,27-28,30,33-34,36H2,1-9H3,(H,61,68)(H,62,72)(H,63,67)(H2,64,65,71)/t37?,39?,47-,48-,49+/m0/s1. The molecule has 0 aliphatic heterocycles. The maximum Gasteiger partial charge on any atom is 0.407 e. The number of ether oxygens (including phenoxy) is 4. The Balaban J connectivity index is 1.01.